The van der Waals surface area contributed by atoms with Crippen LogP contribution in [0.5, 0.6) is 0 Å². The molecule has 0 saturated heterocycles. The SMILES string of the molecule is Cn1cc(CC(=O)c2ccc(Br)cn2)cn1. The van der Waals surface area contributed by atoms with Gasteiger partial charge in [0.2, 0.25) is 0 Å². The monoisotopic (exact) mass is 279 g/mol. The predicted octanol–water partition coefficient (Wildman–Crippen LogP) is 2.00. The number of rotatable bonds is 3. The van der Waals surface area contributed by atoms with E-state index in [1.54, 1.807) is 23.1 Å². The van der Waals surface area contributed by atoms with Gasteiger partial charge >= 0.3 is 0 Å². The van der Waals surface area contributed by atoms with E-state index in [2.05, 4.69) is 26.0 Å². The van der Waals surface area contributed by atoms with Gasteiger partial charge in [-0.2, -0.15) is 5.10 Å². The zero-order valence-corrected chi connectivity index (χ0v) is 10.3. The Morgan fingerprint density at radius 1 is 1.44 bits per heavy atom. The number of Topliss-reactive ketones (excluding diaryl/α,β-unsaturated/α-hetero) is 1. The maximum Gasteiger partial charge on any atom is 0.185 e. The number of carbonyl (C=O) groups excluding carboxylic acids is 1. The van der Waals surface area contributed by atoms with Gasteiger partial charge in [-0.25, -0.2) is 0 Å². The molecule has 0 atom stereocenters. The zero-order valence-electron chi connectivity index (χ0n) is 8.72. The third-order valence-corrected chi connectivity index (χ3v) is 2.61. The molecule has 2 aromatic rings. The third kappa shape index (κ3) is 2.55. The molecule has 16 heavy (non-hydrogen) atoms. The third-order valence-electron chi connectivity index (χ3n) is 2.14. The van der Waals surface area contributed by atoms with E-state index < -0.39 is 0 Å². The fraction of sp³-hybridized carbons (Fsp3) is 0.182. The van der Waals surface area contributed by atoms with Gasteiger partial charge in [0, 0.05) is 30.3 Å². The molecule has 0 aromatic carbocycles. The van der Waals surface area contributed by atoms with Crippen LogP contribution >= 0.6 is 15.9 Å². The van der Waals surface area contributed by atoms with Crippen molar-refractivity contribution in [2.75, 3.05) is 0 Å². The number of pyridine rings is 1. The first-order valence-corrected chi connectivity index (χ1v) is 5.57. The minimum Gasteiger partial charge on any atom is -0.292 e. The molecular formula is C11H10BrN3O. The number of hydrogen-bond acceptors (Lipinski definition) is 3. The van der Waals surface area contributed by atoms with Crippen LogP contribution in [0.4, 0.5) is 0 Å². The molecule has 0 aliphatic carbocycles. The summed E-state index contributed by atoms with van der Waals surface area (Å²) >= 11 is 3.28. The molecule has 4 nitrogen and oxygen atoms in total. The summed E-state index contributed by atoms with van der Waals surface area (Å²) in [6.07, 6.45) is 5.48. The Morgan fingerprint density at radius 2 is 2.25 bits per heavy atom. The maximum absolute atomic E-state index is 11.8. The Hall–Kier alpha value is -1.49. The van der Waals surface area contributed by atoms with Crippen LogP contribution in [-0.4, -0.2) is 20.5 Å². The number of halogens is 1. The quantitative estimate of drug-likeness (QED) is 0.808. The molecule has 0 saturated carbocycles. The van der Waals surface area contributed by atoms with Crippen molar-refractivity contribution in [3.63, 3.8) is 0 Å². The van der Waals surface area contributed by atoms with Gasteiger partial charge in [0.15, 0.2) is 5.78 Å². The summed E-state index contributed by atoms with van der Waals surface area (Å²) in [6, 6.07) is 3.52. The first-order chi connectivity index (χ1) is 7.65. The van der Waals surface area contributed by atoms with Gasteiger partial charge in [-0.15, -0.1) is 0 Å². The number of carbonyl (C=O) groups is 1. The molecule has 5 heteroatoms. The minimum atomic E-state index is 0.000463. The summed E-state index contributed by atoms with van der Waals surface area (Å²) < 4.78 is 2.54. The van der Waals surface area contributed by atoms with Crippen LogP contribution in [-0.2, 0) is 13.5 Å². The van der Waals surface area contributed by atoms with E-state index in [-0.39, 0.29) is 5.78 Å². The molecule has 0 aliphatic heterocycles. The molecule has 2 heterocycles. The van der Waals surface area contributed by atoms with Crippen molar-refractivity contribution in [3.8, 4) is 0 Å². The highest BCUT2D eigenvalue weighted by Crippen LogP contribution is 2.09. The second-order valence-corrected chi connectivity index (χ2v) is 4.40. The lowest BCUT2D eigenvalue weighted by molar-refractivity contribution is 0.0988. The Balaban J connectivity index is 2.11. The van der Waals surface area contributed by atoms with Gasteiger partial charge in [-0.05, 0) is 33.6 Å². The summed E-state index contributed by atoms with van der Waals surface area (Å²) in [6.45, 7) is 0. The van der Waals surface area contributed by atoms with Crippen molar-refractivity contribution in [3.05, 3.63) is 46.5 Å². The van der Waals surface area contributed by atoms with Crippen LogP contribution < -0.4 is 0 Å². The van der Waals surface area contributed by atoms with Crippen molar-refractivity contribution in [1.82, 2.24) is 14.8 Å². The summed E-state index contributed by atoms with van der Waals surface area (Å²) in [4.78, 5) is 15.9. The van der Waals surface area contributed by atoms with Gasteiger partial charge in [0.05, 0.1) is 6.20 Å². The Kier molecular flexibility index (Phi) is 3.14. The summed E-state index contributed by atoms with van der Waals surface area (Å²) in [7, 11) is 1.83. The molecule has 0 fully saturated rings. The Bertz CT molecular complexity index is 504. The van der Waals surface area contributed by atoms with Crippen molar-refractivity contribution in [2.45, 2.75) is 6.42 Å². The lowest BCUT2D eigenvalue weighted by Crippen LogP contribution is -2.05. The normalized spacial score (nSPS) is 10.4. The molecule has 2 aromatic heterocycles. The smallest absolute Gasteiger partial charge is 0.185 e. The molecule has 0 N–H and O–H groups in total. The predicted molar refractivity (Wildman–Crippen MR) is 63.2 cm³/mol. The van der Waals surface area contributed by atoms with E-state index in [4.69, 9.17) is 0 Å². The molecule has 0 radical (unpaired) electrons. The lowest BCUT2D eigenvalue weighted by atomic mass is 10.1. The van der Waals surface area contributed by atoms with Crippen LogP contribution in [0, 0.1) is 0 Å². The average Bonchev–Trinajstić information content (AvgIpc) is 2.65. The molecule has 0 amide bonds. The van der Waals surface area contributed by atoms with Gasteiger partial charge in [0.25, 0.3) is 0 Å². The molecule has 0 aliphatic rings. The number of aromatic nitrogens is 3. The van der Waals surface area contributed by atoms with Gasteiger partial charge in [-0.3, -0.25) is 14.5 Å². The van der Waals surface area contributed by atoms with E-state index >= 15 is 0 Å². The Morgan fingerprint density at radius 3 is 2.81 bits per heavy atom. The molecule has 0 bridgehead atoms. The van der Waals surface area contributed by atoms with Crippen molar-refractivity contribution in [1.29, 1.82) is 0 Å². The summed E-state index contributed by atoms with van der Waals surface area (Å²) in [5.74, 6) is 0.000463. The molecular weight excluding hydrogens is 270 g/mol. The first-order valence-electron chi connectivity index (χ1n) is 4.77. The van der Waals surface area contributed by atoms with E-state index in [0.29, 0.717) is 12.1 Å². The fourth-order valence-corrected chi connectivity index (χ4v) is 1.61. The lowest BCUT2D eigenvalue weighted by Gasteiger charge is -1.98. The fourth-order valence-electron chi connectivity index (χ4n) is 1.38. The number of hydrogen-bond donors (Lipinski definition) is 0. The van der Waals surface area contributed by atoms with Crippen LogP contribution in [0.3, 0.4) is 0 Å². The number of nitrogens with zero attached hydrogens (tertiary/aromatic N) is 3. The molecule has 0 spiro atoms. The zero-order chi connectivity index (χ0) is 11.5. The second kappa shape index (κ2) is 4.57. The highest BCUT2D eigenvalue weighted by molar-refractivity contribution is 9.10. The number of aryl methyl sites for hydroxylation is 1. The minimum absolute atomic E-state index is 0.000463. The Labute approximate surface area is 101 Å². The van der Waals surface area contributed by atoms with Crippen LogP contribution in [0.25, 0.3) is 0 Å². The van der Waals surface area contributed by atoms with Crippen LogP contribution in [0.2, 0.25) is 0 Å². The topological polar surface area (TPSA) is 47.8 Å². The van der Waals surface area contributed by atoms with E-state index in [1.807, 2.05) is 19.3 Å². The highest BCUT2D eigenvalue weighted by Gasteiger charge is 2.09. The molecule has 82 valence electrons. The number of ketones is 1. The summed E-state index contributed by atoms with van der Waals surface area (Å²) in [5, 5.41) is 4.01. The van der Waals surface area contributed by atoms with E-state index in [9.17, 15) is 4.79 Å². The van der Waals surface area contributed by atoms with E-state index in [1.165, 1.54) is 0 Å². The summed E-state index contributed by atoms with van der Waals surface area (Å²) in [5.41, 5.74) is 1.38. The maximum atomic E-state index is 11.8. The average molecular weight is 280 g/mol. The molecule has 2 rings (SSSR count). The largest absolute Gasteiger partial charge is 0.292 e. The van der Waals surface area contributed by atoms with Crippen LogP contribution in [0.1, 0.15) is 16.1 Å². The second-order valence-electron chi connectivity index (χ2n) is 3.48. The van der Waals surface area contributed by atoms with Crippen molar-refractivity contribution in [2.24, 2.45) is 7.05 Å². The van der Waals surface area contributed by atoms with Crippen molar-refractivity contribution < 1.29 is 4.79 Å². The van der Waals surface area contributed by atoms with Gasteiger partial charge in [-0.1, -0.05) is 0 Å². The molecule has 0 unspecified atom stereocenters. The van der Waals surface area contributed by atoms with Crippen LogP contribution in [0.15, 0.2) is 35.2 Å². The van der Waals surface area contributed by atoms with Gasteiger partial charge < -0.3 is 0 Å². The highest BCUT2D eigenvalue weighted by atomic mass is 79.9. The van der Waals surface area contributed by atoms with Gasteiger partial charge in [0.1, 0.15) is 5.69 Å². The standard InChI is InChI=1S/C11H10BrN3O/c1-15-7-8(5-14-15)4-11(16)10-3-2-9(12)6-13-10/h2-3,5-7H,4H2,1H3. The van der Waals surface area contributed by atoms with Crippen molar-refractivity contribution >= 4 is 21.7 Å². The first kappa shape index (κ1) is 11.0. The van der Waals surface area contributed by atoms with E-state index in [0.717, 1.165) is 10.0 Å².